The molecule has 0 aromatic heterocycles. The number of para-hydroxylation sites is 1. The number of carbonyl (C=O) groups excluding carboxylic acids is 2. The van der Waals surface area contributed by atoms with E-state index >= 15 is 0 Å². The van der Waals surface area contributed by atoms with Crippen LogP contribution >= 0.6 is 0 Å². The average molecular weight is 495 g/mol. The Morgan fingerprint density at radius 1 is 1.11 bits per heavy atom. The zero-order valence-electron chi connectivity index (χ0n) is 22.3. The van der Waals surface area contributed by atoms with Gasteiger partial charge in [-0.15, -0.1) is 0 Å². The van der Waals surface area contributed by atoms with Crippen LogP contribution in [-0.4, -0.2) is 52.1 Å². The first-order valence-corrected chi connectivity index (χ1v) is 12.6. The lowest BCUT2D eigenvalue weighted by Gasteiger charge is -2.43. The summed E-state index contributed by atoms with van der Waals surface area (Å²) in [6.07, 6.45) is -1.80. The lowest BCUT2D eigenvalue weighted by Crippen LogP contribution is -2.62. The highest BCUT2D eigenvalue weighted by Gasteiger charge is 2.62. The van der Waals surface area contributed by atoms with Crippen LogP contribution in [0.1, 0.15) is 59.6 Å². The summed E-state index contributed by atoms with van der Waals surface area (Å²) in [5.41, 5.74) is -0.445. The van der Waals surface area contributed by atoms with Crippen LogP contribution in [0.4, 0.5) is 10.5 Å². The number of carbonyl (C=O) groups is 2. The molecule has 7 nitrogen and oxygen atoms in total. The van der Waals surface area contributed by atoms with Crippen LogP contribution in [0.3, 0.4) is 0 Å². The molecule has 4 rings (SSSR count). The van der Waals surface area contributed by atoms with Gasteiger partial charge in [-0.2, -0.15) is 0 Å². The van der Waals surface area contributed by atoms with E-state index < -0.39 is 35.0 Å². The van der Waals surface area contributed by atoms with Gasteiger partial charge in [0.2, 0.25) is 5.91 Å². The number of hydrogen-bond acceptors (Lipinski definition) is 5. The predicted molar refractivity (Wildman–Crippen MR) is 138 cm³/mol. The van der Waals surface area contributed by atoms with E-state index in [1.54, 1.807) is 39.5 Å². The van der Waals surface area contributed by atoms with E-state index in [9.17, 15) is 14.7 Å². The zero-order valence-corrected chi connectivity index (χ0v) is 22.3. The van der Waals surface area contributed by atoms with Crippen molar-refractivity contribution in [1.82, 2.24) is 4.90 Å². The van der Waals surface area contributed by atoms with Gasteiger partial charge >= 0.3 is 6.09 Å². The number of ether oxygens (including phenoxy) is 2. The highest BCUT2D eigenvalue weighted by Crippen LogP contribution is 2.51. The minimum Gasteiger partial charge on any atom is -0.444 e. The third-order valence-corrected chi connectivity index (χ3v) is 7.27. The largest absolute Gasteiger partial charge is 0.444 e. The summed E-state index contributed by atoms with van der Waals surface area (Å²) in [6, 6.07) is 16.7. The van der Waals surface area contributed by atoms with E-state index in [1.807, 2.05) is 68.4 Å². The van der Waals surface area contributed by atoms with E-state index in [1.165, 1.54) is 4.90 Å². The Morgan fingerprint density at radius 2 is 1.72 bits per heavy atom. The van der Waals surface area contributed by atoms with Crippen molar-refractivity contribution >= 4 is 17.7 Å². The normalized spacial score (nSPS) is 24.2. The van der Waals surface area contributed by atoms with Crippen molar-refractivity contribution in [2.45, 2.75) is 83.9 Å². The smallest absolute Gasteiger partial charge is 0.412 e. The van der Waals surface area contributed by atoms with Crippen molar-refractivity contribution in [3.8, 4) is 0 Å². The standard InChI is InChI=1S/C29H38N2O5/c1-19(2)29(24(32)23-18-35-28(6,7)31(23)26(34)36-27(3,4)5)21-15-11-12-16-22(21)30(25(29)33)17-20-13-9-8-10-14-20/h8-16,19,23-24,32H,17-18H2,1-7H3/t23-,24-,29+/m0/s1. The van der Waals surface area contributed by atoms with E-state index in [0.717, 1.165) is 16.8 Å². The van der Waals surface area contributed by atoms with Crippen molar-refractivity contribution < 1.29 is 24.2 Å². The number of amides is 2. The van der Waals surface area contributed by atoms with Crippen LogP contribution < -0.4 is 4.90 Å². The SMILES string of the molecule is CC(C)[C@@]1([C@@H](O)[C@@H]2COC(C)(C)N2C(=O)OC(C)(C)C)C(=O)N(Cc2ccccc2)c2ccccc21. The molecule has 2 aliphatic rings. The minimum absolute atomic E-state index is 0.0933. The predicted octanol–water partition coefficient (Wildman–Crippen LogP) is 4.86. The van der Waals surface area contributed by atoms with Gasteiger partial charge in [-0.05, 0) is 57.7 Å². The molecule has 0 bridgehead atoms. The Kier molecular flexibility index (Phi) is 6.69. The third kappa shape index (κ3) is 4.28. The molecule has 36 heavy (non-hydrogen) atoms. The van der Waals surface area contributed by atoms with Crippen LogP contribution in [0.2, 0.25) is 0 Å². The third-order valence-electron chi connectivity index (χ3n) is 7.27. The van der Waals surface area contributed by atoms with Gasteiger partial charge in [-0.1, -0.05) is 62.4 Å². The van der Waals surface area contributed by atoms with Gasteiger partial charge < -0.3 is 19.5 Å². The van der Waals surface area contributed by atoms with Crippen molar-refractivity contribution in [3.63, 3.8) is 0 Å². The van der Waals surface area contributed by atoms with Gasteiger partial charge in [-0.25, -0.2) is 4.79 Å². The lowest BCUT2D eigenvalue weighted by atomic mass is 9.66. The Hall–Kier alpha value is -2.90. The van der Waals surface area contributed by atoms with Crippen LogP contribution in [0.25, 0.3) is 0 Å². The Labute approximate surface area is 214 Å². The van der Waals surface area contributed by atoms with Gasteiger partial charge in [0.05, 0.1) is 25.3 Å². The molecule has 1 N–H and O–H groups in total. The second-order valence-corrected chi connectivity index (χ2v) is 11.5. The van der Waals surface area contributed by atoms with Gasteiger partial charge in [-0.3, -0.25) is 9.69 Å². The number of nitrogens with zero attached hydrogens (tertiary/aromatic N) is 2. The first-order valence-electron chi connectivity index (χ1n) is 12.6. The first kappa shape index (κ1) is 26.2. The second-order valence-electron chi connectivity index (χ2n) is 11.5. The molecule has 2 heterocycles. The first-order chi connectivity index (χ1) is 16.8. The van der Waals surface area contributed by atoms with Gasteiger partial charge in [0.25, 0.3) is 0 Å². The Morgan fingerprint density at radius 3 is 2.33 bits per heavy atom. The van der Waals surface area contributed by atoms with Crippen molar-refractivity contribution in [2.24, 2.45) is 5.92 Å². The summed E-state index contributed by atoms with van der Waals surface area (Å²) in [4.78, 5) is 30.9. The second kappa shape index (κ2) is 9.20. The molecule has 2 aliphatic heterocycles. The van der Waals surface area contributed by atoms with Gasteiger partial charge in [0.1, 0.15) is 16.7 Å². The zero-order chi connectivity index (χ0) is 26.5. The van der Waals surface area contributed by atoms with Crippen LogP contribution in [0.15, 0.2) is 54.6 Å². The molecule has 1 fully saturated rings. The van der Waals surface area contributed by atoms with E-state index in [0.29, 0.717) is 6.54 Å². The average Bonchev–Trinajstić information content (AvgIpc) is 3.24. The maximum absolute atomic E-state index is 14.4. The van der Waals surface area contributed by atoms with Gasteiger partial charge in [0, 0.05) is 5.69 Å². The fraction of sp³-hybridized carbons (Fsp3) is 0.517. The molecule has 0 aliphatic carbocycles. The van der Waals surface area contributed by atoms with Crippen LogP contribution in [0.5, 0.6) is 0 Å². The number of rotatable bonds is 5. The summed E-state index contributed by atoms with van der Waals surface area (Å²) in [5.74, 6) is -0.435. The minimum atomic E-state index is -1.26. The fourth-order valence-corrected chi connectivity index (χ4v) is 5.65. The lowest BCUT2D eigenvalue weighted by molar-refractivity contribution is -0.133. The summed E-state index contributed by atoms with van der Waals surface area (Å²) >= 11 is 0. The van der Waals surface area contributed by atoms with Gasteiger partial charge in [0.15, 0.2) is 0 Å². The number of anilines is 1. The van der Waals surface area contributed by atoms with Crippen LogP contribution in [0, 0.1) is 5.92 Å². The maximum atomic E-state index is 14.4. The molecular weight excluding hydrogens is 456 g/mol. The topological polar surface area (TPSA) is 79.3 Å². The van der Waals surface area contributed by atoms with Crippen molar-refractivity contribution in [1.29, 1.82) is 0 Å². The monoisotopic (exact) mass is 494 g/mol. The molecule has 2 aromatic carbocycles. The highest BCUT2D eigenvalue weighted by molar-refractivity contribution is 6.09. The van der Waals surface area contributed by atoms with E-state index in [2.05, 4.69) is 0 Å². The number of aliphatic hydroxyl groups excluding tert-OH is 1. The molecular formula is C29H38N2O5. The summed E-state index contributed by atoms with van der Waals surface area (Å²) in [7, 11) is 0. The molecule has 7 heteroatoms. The molecule has 0 saturated carbocycles. The Balaban J connectivity index is 1.79. The molecule has 3 atom stereocenters. The number of aliphatic hydroxyl groups is 1. The molecule has 1 saturated heterocycles. The Bertz CT molecular complexity index is 1120. The number of benzene rings is 2. The molecule has 0 spiro atoms. The summed E-state index contributed by atoms with van der Waals surface area (Å²) in [6.45, 7) is 13.3. The van der Waals surface area contributed by atoms with Crippen molar-refractivity contribution in [2.75, 3.05) is 11.5 Å². The molecule has 2 aromatic rings. The molecule has 194 valence electrons. The van der Waals surface area contributed by atoms with E-state index in [-0.39, 0.29) is 18.4 Å². The maximum Gasteiger partial charge on any atom is 0.412 e. The molecule has 0 unspecified atom stereocenters. The summed E-state index contributed by atoms with van der Waals surface area (Å²) in [5, 5.41) is 12.1. The fourth-order valence-electron chi connectivity index (χ4n) is 5.65. The van der Waals surface area contributed by atoms with Crippen LogP contribution in [-0.2, 0) is 26.2 Å². The number of hydrogen-bond donors (Lipinski definition) is 1. The highest BCUT2D eigenvalue weighted by atomic mass is 16.6. The molecule has 0 radical (unpaired) electrons. The number of fused-ring (bicyclic) bond motifs is 1. The van der Waals surface area contributed by atoms with E-state index in [4.69, 9.17) is 9.47 Å². The van der Waals surface area contributed by atoms with Crippen molar-refractivity contribution in [3.05, 3.63) is 65.7 Å². The summed E-state index contributed by atoms with van der Waals surface area (Å²) < 4.78 is 11.7. The quantitative estimate of drug-likeness (QED) is 0.642. The molecule has 2 amide bonds.